The zero-order chi connectivity index (χ0) is 13.7. The highest BCUT2D eigenvalue weighted by atomic mass is 79.9. The minimum absolute atomic E-state index is 0.548. The Labute approximate surface area is 129 Å². The molecule has 0 saturated carbocycles. The van der Waals surface area contributed by atoms with Crippen LogP contribution >= 0.6 is 39.1 Å². The SMILES string of the molecule is Clc1ccc(/C=N/N=C/c2ccccc2Br)c(Cl)c1. The van der Waals surface area contributed by atoms with Gasteiger partial charge in [0, 0.05) is 20.6 Å². The molecule has 0 amide bonds. The van der Waals surface area contributed by atoms with Crippen LogP contribution in [0.4, 0.5) is 0 Å². The summed E-state index contributed by atoms with van der Waals surface area (Å²) in [4.78, 5) is 0. The molecule has 0 aliphatic rings. The molecule has 0 aliphatic carbocycles. The molecular formula is C14H9BrCl2N2. The predicted octanol–water partition coefficient (Wildman–Crippen LogP) is 5.21. The van der Waals surface area contributed by atoms with E-state index in [1.165, 1.54) is 0 Å². The van der Waals surface area contributed by atoms with Crippen molar-refractivity contribution in [1.82, 2.24) is 0 Å². The minimum Gasteiger partial charge on any atom is -0.158 e. The molecule has 0 bridgehead atoms. The maximum atomic E-state index is 6.02. The summed E-state index contributed by atoms with van der Waals surface area (Å²) in [5.74, 6) is 0. The van der Waals surface area contributed by atoms with Gasteiger partial charge in [-0.1, -0.05) is 63.4 Å². The molecule has 5 heteroatoms. The van der Waals surface area contributed by atoms with Crippen LogP contribution in [-0.2, 0) is 0 Å². The maximum Gasteiger partial charge on any atom is 0.0583 e. The fourth-order valence-corrected chi connectivity index (χ4v) is 2.22. The van der Waals surface area contributed by atoms with Gasteiger partial charge in [0.25, 0.3) is 0 Å². The van der Waals surface area contributed by atoms with Crippen LogP contribution in [0.25, 0.3) is 0 Å². The lowest BCUT2D eigenvalue weighted by atomic mass is 10.2. The van der Waals surface area contributed by atoms with Gasteiger partial charge in [-0.2, -0.15) is 10.2 Å². The van der Waals surface area contributed by atoms with Gasteiger partial charge in [0.2, 0.25) is 0 Å². The monoisotopic (exact) mass is 354 g/mol. The van der Waals surface area contributed by atoms with Crippen LogP contribution in [0.5, 0.6) is 0 Å². The third-order valence-electron chi connectivity index (χ3n) is 2.33. The largest absolute Gasteiger partial charge is 0.158 e. The summed E-state index contributed by atoms with van der Waals surface area (Å²) in [6, 6.07) is 13.0. The molecule has 0 spiro atoms. The summed E-state index contributed by atoms with van der Waals surface area (Å²) in [6.45, 7) is 0. The van der Waals surface area contributed by atoms with Crippen molar-refractivity contribution in [2.75, 3.05) is 0 Å². The van der Waals surface area contributed by atoms with E-state index in [1.54, 1.807) is 30.6 Å². The first-order chi connectivity index (χ1) is 9.16. The Bertz CT molecular complexity index is 639. The Morgan fingerprint density at radius 1 is 0.895 bits per heavy atom. The first-order valence-corrected chi connectivity index (χ1v) is 6.98. The van der Waals surface area contributed by atoms with E-state index in [-0.39, 0.29) is 0 Å². The van der Waals surface area contributed by atoms with E-state index >= 15 is 0 Å². The fraction of sp³-hybridized carbons (Fsp3) is 0. The molecule has 2 aromatic carbocycles. The Kier molecular flexibility index (Phi) is 5.14. The first kappa shape index (κ1) is 14.3. The van der Waals surface area contributed by atoms with Crippen molar-refractivity contribution in [3.63, 3.8) is 0 Å². The van der Waals surface area contributed by atoms with Crippen molar-refractivity contribution in [2.45, 2.75) is 0 Å². The van der Waals surface area contributed by atoms with Crippen LogP contribution < -0.4 is 0 Å². The zero-order valence-electron chi connectivity index (χ0n) is 9.72. The van der Waals surface area contributed by atoms with Gasteiger partial charge in [0.05, 0.1) is 17.5 Å². The van der Waals surface area contributed by atoms with Crippen molar-refractivity contribution in [3.8, 4) is 0 Å². The van der Waals surface area contributed by atoms with Gasteiger partial charge in [0.15, 0.2) is 0 Å². The standard InChI is InChI=1S/C14H9BrCl2N2/c15-13-4-2-1-3-10(13)8-18-19-9-11-5-6-12(16)7-14(11)17/h1-9H/b18-8+,19-9+. The van der Waals surface area contributed by atoms with Crippen molar-refractivity contribution >= 4 is 51.6 Å². The molecule has 0 radical (unpaired) electrons. The van der Waals surface area contributed by atoms with Crippen molar-refractivity contribution in [3.05, 3.63) is 68.1 Å². The molecule has 19 heavy (non-hydrogen) atoms. The second-order valence-electron chi connectivity index (χ2n) is 3.68. The molecule has 0 aromatic heterocycles. The smallest absolute Gasteiger partial charge is 0.0583 e. The van der Waals surface area contributed by atoms with Gasteiger partial charge in [-0.3, -0.25) is 0 Å². The average Bonchev–Trinajstić information content (AvgIpc) is 2.38. The van der Waals surface area contributed by atoms with Gasteiger partial charge in [-0.05, 0) is 18.2 Å². The van der Waals surface area contributed by atoms with Crippen molar-refractivity contribution in [1.29, 1.82) is 0 Å². The van der Waals surface area contributed by atoms with Crippen LogP contribution in [0, 0.1) is 0 Å². The lowest BCUT2D eigenvalue weighted by Crippen LogP contribution is -1.84. The molecule has 0 unspecified atom stereocenters. The fourth-order valence-electron chi connectivity index (χ4n) is 1.38. The van der Waals surface area contributed by atoms with Gasteiger partial charge >= 0.3 is 0 Å². The molecule has 0 heterocycles. The Morgan fingerprint density at radius 2 is 1.58 bits per heavy atom. The molecule has 0 N–H and O–H groups in total. The molecule has 96 valence electrons. The van der Waals surface area contributed by atoms with E-state index in [9.17, 15) is 0 Å². The number of nitrogens with zero attached hydrogens (tertiary/aromatic N) is 2. The van der Waals surface area contributed by atoms with Crippen LogP contribution in [0.2, 0.25) is 10.0 Å². The summed E-state index contributed by atoms with van der Waals surface area (Å²) in [7, 11) is 0. The second kappa shape index (κ2) is 6.85. The maximum absolute atomic E-state index is 6.02. The topological polar surface area (TPSA) is 24.7 Å². The number of hydrogen-bond acceptors (Lipinski definition) is 2. The summed E-state index contributed by atoms with van der Waals surface area (Å²) in [5, 5.41) is 9.09. The third-order valence-corrected chi connectivity index (χ3v) is 3.61. The number of rotatable bonds is 3. The Morgan fingerprint density at radius 3 is 2.26 bits per heavy atom. The molecule has 2 aromatic rings. The summed E-state index contributed by atoms with van der Waals surface area (Å²) >= 11 is 15.3. The Balaban J connectivity index is 2.10. The van der Waals surface area contributed by atoms with E-state index in [1.807, 2.05) is 24.3 Å². The highest BCUT2D eigenvalue weighted by molar-refractivity contribution is 9.10. The molecule has 2 rings (SSSR count). The van der Waals surface area contributed by atoms with Gasteiger partial charge in [-0.25, -0.2) is 0 Å². The molecular weight excluding hydrogens is 347 g/mol. The quantitative estimate of drug-likeness (QED) is 0.533. The van der Waals surface area contributed by atoms with E-state index in [0.29, 0.717) is 10.0 Å². The minimum atomic E-state index is 0.548. The zero-order valence-corrected chi connectivity index (χ0v) is 12.8. The summed E-state index contributed by atoms with van der Waals surface area (Å²) < 4.78 is 0.971. The predicted molar refractivity (Wildman–Crippen MR) is 85.8 cm³/mol. The molecule has 0 fully saturated rings. The van der Waals surface area contributed by atoms with E-state index in [2.05, 4.69) is 26.1 Å². The van der Waals surface area contributed by atoms with Crippen LogP contribution in [0.1, 0.15) is 11.1 Å². The van der Waals surface area contributed by atoms with Crippen LogP contribution in [-0.4, -0.2) is 12.4 Å². The van der Waals surface area contributed by atoms with E-state index < -0.39 is 0 Å². The molecule has 0 aliphatic heterocycles. The summed E-state index contributed by atoms with van der Waals surface area (Å²) in [5.41, 5.74) is 1.73. The normalized spacial score (nSPS) is 11.5. The van der Waals surface area contributed by atoms with Gasteiger partial charge in [-0.15, -0.1) is 0 Å². The van der Waals surface area contributed by atoms with Crippen LogP contribution in [0.15, 0.2) is 57.1 Å². The molecule has 0 atom stereocenters. The Hall–Kier alpha value is -1.16. The van der Waals surface area contributed by atoms with Gasteiger partial charge < -0.3 is 0 Å². The average molecular weight is 356 g/mol. The molecule has 2 nitrogen and oxygen atoms in total. The van der Waals surface area contributed by atoms with Gasteiger partial charge in [0.1, 0.15) is 0 Å². The number of halogens is 3. The van der Waals surface area contributed by atoms with Crippen molar-refractivity contribution in [2.24, 2.45) is 10.2 Å². The van der Waals surface area contributed by atoms with Crippen molar-refractivity contribution < 1.29 is 0 Å². The molecule has 0 saturated heterocycles. The lowest BCUT2D eigenvalue weighted by molar-refractivity contribution is 1.26. The first-order valence-electron chi connectivity index (χ1n) is 5.43. The summed E-state index contributed by atoms with van der Waals surface area (Å²) in [6.07, 6.45) is 3.26. The highest BCUT2D eigenvalue weighted by Crippen LogP contribution is 2.19. The van der Waals surface area contributed by atoms with E-state index in [4.69, 9.17) is 23.2 Å². The number of benzene rings is 2. The second-order valence-corrected chi connectivity index (χ2v) is 5.37. The lowest BCUT2D eigenvalue weighted by Gasteiger charge is -1.97. The van der Waals surface area contributed by atoms with E-state index in [0.717, 1.165) is 15.6 Å². The van der Waals surface area contributed by atoms with Crippen LogP contribution in [0.3, 0.4) is 0 Å². The highest BCUT2D eigenvalue weighted by Gasteiger charge is 1.97. The third kappa shape index (κ3) is 4.16. The number of hydrogen-bond donors (Lipinski definition) is 0.